The van der Waals surface area contributed by atoms with Gasteiger partial charge in [-0.15, -0.1) is 0 Å². The molecule has 2 aromatic rings. The van der Waals surface area contributed by atoms with E-state index in [1.807, 2.05) is 32.9 Å². The van der Waals surface area contributed by atoms with Crippen LogP contribution in [0.1, 0.15) is 27.3 Å². The number of carbonyl (C=O) groups is 1. The van der Waals surface area contributed by atoms with Gasteiger partial charge in [0.2, 0.25) is 0 Å². The van der Waals surface area contributed by atoms with Gasteiger partial charge in [0.15, 0.2) is 0 Å². The molecule has 0 atom stereocenters. The van der Waals surface area contributed by atoms with E-state index in [1.54, 1.807) is 6.07 Å². The van der Waals surface area contributed by atoms with Crippen LogP contribution < -0.4 is 5.32 Å². The molecule has 0 saturated carbocycles. The first kappa shape index (κ1) is 12.6. The number of anilines is 1. The van der Waals surface area contributed by atoms with Crippen molar-refractivity contribution >= 4 is 23.2 Å². The van der Waals surface area contributed by atoms with E-state index in [9.17, 15) is 4.79 Å². The van der Waals surface area contributed by atoms with Crippen molar-refractivity contribution in [3.05, 3.63) is 45.7 Å². The van der Waals surface area contributed by atoms with E-state index in [0.29, 0.717) is 16.3 Å². The highest BCUT2D eigenvalue weighted by Gasteiger charge is 2.15. The van der Waals surface area contributed by atoms with Crippen LogP contribution in [0, 0.1) is 20.8 Å². The minimum atomic E-state index is -0.226. The molecule has 0 fully saturated rings. The molecule has 0 bridgehead atoms. The molecule has 0 aliphatic heterocycles. The van der Waals surface area contributed by atoms with Crippen molar-refractivity contribution in [3.63, 3.8) is 0 Å². The third-order valence-electron chi connectivity index (χ3n) is 2.80. The van der Waals surface area contributed by atoms with E-state index in [0.717, 1.165) is 17.0 Å². The van der Waals surface area contributed by atoms with E-state index >= 15 is 0 Å². The van der Waals surface area contributed by atoms with Gasteiger partial charge in [-0.2, -0.15) is 5.10 Å². The Kier molecular flexibility index (Phi) is 3.39. The molecule has 5 heteroatoms. The van der Waals surface area contributed by atoms with Crippen LogP contribution in [0.5, 0.6) is 0 Å². The molecule has 18 heavy (non-hydrogen) atoms. The third-order valence-corrected chi connectivity index (χ3v) is 3.30. The summed E-state index contributed by atoms with van der Waals surface area (Å²) in [4.78, 5) is 12.2. The highest BCUT2D eigenvalue weighted by Crippen LogP contribution is 2.23. The van der Waals surface area contributed by atoms with Gasteiger partial charge in [-0.25, -0.2) is 0 Å². The van der Waals surface area contributed by atoms with Gasteiger partial charge in [-0.1, -0.05) is 23.7 Å². The topological polar surface area (TPSA) is 57.8 Å². The molecular weight excluding hydrogens is 250 g/mol. The van der Waals surface area contributed by atoms with Gasteiger partial charge in [-0.3, -0.25) is 9.89 Å². The number of halogens is 1. The molecule has 0 aliphatic carbocycles. The van der Waals surface area contributed by atoms with Gasteiger partial charge >= 0.3 is 0 Å². The maximum absolute atomic E-state index is 12.2. The second-order valence-corrected chi connectivity index (χ2v) is 4.58. The number of H-pyrrole nitrogens is 1. The summed E-state index contributed by atoms with van der Waals surface area (Å²) >= 11 is 6.12. The molecule has 2 rings (SSSR count). The lowest BCUT2D eigenvalue weighted by molar-refractivity contribution is 0.102. The fraction of sp³-hybridized carbons (Fsp3) is 0.231. The van der Waals surface area contributed by atoms with Crippen LogP contribution in [0.25, 0.3) is 0 Å². The smallest absolute Gasteiger partial charge is 0.257 e. The fourth-order valence-electron chi connectivity index (χ4n) is 1.74. The lowest BCUT2D eigenvalue weighted by atomic mass is 10.1. The Morgan fingerprint density at radius 2 is 2.06 bits per heavy atom. The largest absolute Gasteiger partial charge is 0.319 e. The zero-order valence-corrected chi connectivity index (χ0v) is 11.2. The Balaban J connectivity index is 2.31. The Hall–Kier alpha value is -1.81. The molecule has 4 nitrogen and oxygen atoms in total. The van der Waals surface area contributed by atoms with Crippen LogP contribution in [0.3, 0.4) is 0 Å². The predicted octanol–water partition coefficient (Wildman–Crippen LogP) is 3.24. The number of aromatic nitrogens is 2. The molecule has 0 unspecified atom stereocenters. The first-order valence-corrected chi connectivity index (χ1v) is 5.96. The molecular formula is C13H14ClN3O. The van der Waals surface area contributed by atoms with E-state index < -0.39 is 0 Å². The quantitative estimate of drug-likeness (QED) is 0.874. The predicted molar refractivity (Wildman–Crippen MR) is 72.2 cm³/mol. The van der Waals surface area contributed by atoms with E-state index in [4.69, 9.17) is 11.6 Å². The lowest BCUT2D eigenvalue weighted by Gasteiger charge is -2.08. The SMILES string of the molecule is Cc1cccc(C(=O)Nc2c(C)n[nH]c2C)c1Cl. The minimum Gasteiger partial charge on any atom is -0.319 e. The standard InChI is InChI=1S/C13H14ClN3O/c1-7-5-4-6-10(11(7)14)13(18)15-12-8(2)16-17-9(12)3/h4-6H,1-3H3,(H,15,18)(H,16,17). The van der Waals surface area contributed by atoms with Crippen LogP contribution in [-0.2, 0) is 0 Å². The number of hydrogen-bond acceptors (Lipinski definition) is 2. The summed E-state index contributed by atoms with van der Waals surface area (Å²) < 4.78 is 0. The second-order valence-electron chi connectivity index (χ2n) is 4.20. The summed E-state index contributed by atoms with van der Waals surface area (Å²) in [6.45, 7) is 5.55. The number of nitrogens with zero attached hydrogens (tertiary/aromatic N) is 1. The first-order valence-electron chi connectivity index (χ1n) is 5.58. The number of carbonyl (C=O) groups excluding carboxylic acids is 1. The Bertz CT molecular complexity index is 585. The number of nitrogens with one attached hydrogen (secondary N) is 2. The zero-order chi connectivity index (χ0) is 13.3. The second kappa shape index (κ2) is 4.82. The van der Waals surface area contributed by atoms with Crippen LogP contribution >= 0.6 is 11.6 Å². The maximum atomic E-state index is 12.2. The Labute approximate surface area is 110 Å². The molecule has 1 heterocycles. The first-order chi connectivity index (χ1) is 8.50. The summed E-state index contributed by atoms with van der Waals surface area (Å²) in [5.41, 5.74) is 3.63. The molecule has 0 spiro atoms. The summed E-state index contributed by atoms with van der Waals surface area (Å²) in [5.74, 6) is -0.226. The highest BCUT2D eigenvalue weighted by molar-refractivity contribution is 6.35. The van der Waals surface area contributed by atoms with Gasteiger partial charge in [0.1, 0.15) is 0 Å². The summed E-state index contributed by atoms with van der Waals surface area (Å²) in [6, 6.07) is 5.38. The number of aromatic amines is 1. The molecule has 1 amide bonds. The number of rotatable bonds is 2. The summed E-state index contributed by atoms with van der Waals surface area (Å²) in [6.07, 6.45) is 0. The average molecular weight is 264 g/mol. The van der Waals surface area contributed by atoms with Gasteiger partial charge in [0, 0.05) is 0 Å². The number of amides is 1. The zero-order valence-electron chi connectivity index (χ0n) is 10.5. The molecule has 1 aromatic carbocycles. The lowest BCUT2D eigenvalue weighted by Crippen LogP contribution is -2.13. The molecule has 2 N–H and O–H groups in total. The third kappa shape index (κ3) is 2.24. The van der Waals surface area contributed by atoms with Crippen LogP contribution in [0.4, 0.5) is 5.69 Å². The minimum absolute atomic E-state index is 0.226. The van der Waals surface area contributed by atoms with Crippen LogP contribution in [0.2, 0.25) is 5.02 Å². The van der Waals surface area contributed by atoms with Crippen molar-refractivity contribution in [2.24, 2.45) is 0 Å². The van der Waals surface area contributed by atoms with Crippen molar-refractivity contribution in [2.75, 3.05) is 5.32 Å². The summed E-state index contributed by atoms with van der Waals surface area (Å²) in [5, 5.41) is 10.2. The van der Waals surface area contributed by atoms with Crippen LogP contribution in [-0.4, -0.2) is 16.1 Å². The van der Waals surface area contributed by atoms with E-state index in [1.165, 1.54) is 0 Å². The highest BCUT2D eigenvalue weighted by atomic mass is 35.5. The van der Waals surface area contributed by atoms with Gasteiger partial charge < -0.3 is 5.32 Å². The number of aryl methyl sites for hydroxylation is 3. The summed E-state index contributed by atoms with van der Waals surface area (Å²) in [7, 11) is 0. The van der Waals surface area contributed by atoms with Crippen molar-refractivity contribution in [2.45, 2.75) is 20.8 Å². The Morgan fingerprint density at radius 3 is 2.67 bits per heavy atom. The van der Waals surface area contributed by atoms with E-state index in [2.05, 4.69) is 15.5 Å². The molecule has 0 aliphatic rings. The molecule has 94 valence electrons. The molecule has 0 radical (unpaired) electrons. The van der Waals surface area contributed by atoms with Crippen molar-refractivity contribution in [1.29, 1.82) is 0 Å². The number of hydrogen-bond donors (Lipinski definition) is 2. The average Bonchev–Trinajstić information content (AvgIpc) is 2.64. The molecule has 0 saturated heterocycles. The van der Waals surface area contributed by atoms with Gasteiger partial charge in [0.05, 0.1) is 27.7 Å². The molecule has 1 aromatic heterocycles. The normalized spacial score (nSPS) is 10.4. The number of benzene rings is 1. The van der Waals surface area contributed by atoms with Gasteiger partial charge in [-0.05, 0) is 32.4 Å². The van der Waals surface area contributed by atoms with Crippen LogP contribution in [0.15, 0.2) is 18.2 Å². The van der Waals surface area contributed by atoms with Crippen molar-refractivity contribution in [3.8, 4) is 0 Å². The van der Waals surface area contributed by atoms with Gasteiger partial charge in [0.25, 0.3) is 5.91 Å². The van der Waals surface area contributed by atoms with E-state index in [-0.39, 0.29) is 5.91 Å². The van der Waals surface area contributed by atoms with Crippen molar-refractivity contribution in [1.82, 2.24) is 10.2 Å². The Morgan fingerprint density at radius 1 is 1.33 bits per heavy atom. The fourth-order valence-corrected chi connectivity index (χ4v) is 1.95. The monoisotopic (exact) mass is 263 g/mol. The maximum Gasteiger partial charge on any atom is 0.257 e. The van der Waals surface area contributed by atoms with Crippen molar-refractivity contribution < 1.29 is 4.79 Å².